The van der Waals surface area contributed by atoms with Crippen LogP contribution in [0.5, 0.6) is 0 Å². The number of ether oxygens (including phenoxy) is 1. The molecule has 0 aromatic rings. The summed E-state index contributed by atoms with van der Waals surface area (Å²) in [6.45, 7) is 1.63. The van der Waals surface area contributed by atoms with Crippen LogP contribution in [0.4, 0.5) is 0 Å². The Hall–Kier alpha value is -1.26. The van der Waals surface area contributed by atoms with Crippen molar-refractivity contribution >= 4 is 5.97 Å². The van der Waals surface area contributed by atoms with Crippen LogP contribution in [-0.4, -0.2) is 29.3 Å². The number of carbonyl (C=O) groups is 1. The molecule has 0 spiro atoms. The summed E-state index contributed by atoms with van der Waals surface area (Å²) in [6.07, 6.45) is -1.34. The molecule has 1 heterocycles. The number of nitrogens with zero attached hydrogens (tertiary/aromatic N) is 3. The van der Waals surface area contributed by atoms with Crippen LogP contribution in [0.2, 0.25) is 0 Å². The molecule has 1 N–H and O–H groups in total. The van der Waals surface area contributed by atoms with Gasteiger partial charge in [0.1, 0.15) is 6.10 Å². The van der Waals surface area contributed by atoms with Gasteiger partial charge in [-0.05, 0) is 5.53 Å². The molecular formula is C6H9N3O3. The summed E-state index contributed by atoms with van der Waals surface area (Å²) in [5.74, 6) is -0.639. The third-order valence-electron chi connectivity index (χ3n) is 1.77. The van der Waals surface area contributed by atoms with E-state index in [-0.39, 0.29) is 6.42 Å². The minimum absolute atomic E-state index is 0.207. The minimum atomic E-state index is -1.06. The lowest BCUT2D eigenvalue weighted by atomic mass is 10.1. The molecule has 1 aliphatic heterocycles. The fraction of sp³-hybridized carbons (Fsp3) is 0.833. The normalized spacial score (nSPS) is 30.7. The van der Waals surface area contributed by atoms with E-state index in [2.05, 4.69) is 10.0 Å². The van der Waals surface area contributed by atoms with Crippen LogP contribution in [0, 0.1) is 0 Å². The molecule has 1 saturated heterocycles. The van der Waals surface area contributed by atoms with Gasteiger partial charge in [-0.2, -0.15) is 0 Å². The zero-order valence-corrected chi connectivity index (χ0v) is 6.54. The predicted octanol–water partition coefficient (Wildman–Crippen LogP) is 0.362. The molecule has 1 unspecified atom stereocenters. The molecule has 3 atom stereocenters. The van der Waals surface area contributed by atoms with Crippen molar-refractivity contribution in [1.29, 1.82) is 0 Å². The van der Waals surface area contributed by atoms with Crippen molar-refractivity contribution in [2.75, 3.05) is 0 Å². The van der Waals surface area contributed by atoms with Crippen LogP contribution in [0.25, 0.3) is 10.4 Å². The highest BCUT2D eigenvalue weighted by Gasteiger charge is 2.35. The van der Waals surface area contributed by atoms with Gasteiger partial charge in [0, 0.05) is 11.3 Å². The fourth-order valence-electron chi connectivity index (χ4n) is 1.04. The first kappa shape index (κ1) is 8.83. The molecule has 66 valence electrons. The molecule has 0 amide bonds. The predicted molar refractivity (Wildman–Crippen MR) is 39.1 cm³/mol. The van der Waals surface area contributed by atoms with Crippen LogP contribution in [0.1, 0.15) is 13.3 Å². The standard InChI is InChI=1S/C6H9N3O3/c1-3(8-9-7)5-2-4(10)6(11)12-5/h3-5,10H,2H2,1H3/t3?,4-,5+/m1/s1. The molecule has 1 fully saturated rings. The molecule has 0 bridgehead atoms. The molecule has 0 radical (unpaired) electrons. The number of aliphatic hydroxyl groups is 1. The first-order valence-electron chi connectivity index (χ1n) is 3.58. The van der Waals surface area contributed by atoms with Gasteiger partial charge < -0.3 is 9.84 Å². The summed E-state index contributed by atoms with van der Waals surface area (Å²) in [5.41, 5.74) is 8.08. The van der Waals surface area contributed by atoms with E-state index in [0.29, 0.717) is 0 Å². The summed E-state index contributed by atoms with van der Waals surface area (Å²) in [4.78, 5) is 13.3. The first-order chi connectivity index (χ1) is 5.65. The molecule has 12 heavy (non-hydrogen) atoms. The van der Waals surface area contributed by atoms with E-state index in [0.717, 1.165) is 0 Å². The van der Waals surface area contributed by atoms with Crippen molar-refractivity contribution in [2.24, 2.45) is 5.11 Å². The molecule has 1 rings (SSSR count). The van der Waals surface area contributed by atoms with Gasteiger partial charge in [-0.15, -0.1) is 0 Å². The summed E-state index contributed by atoms with van der Waals surface area (Å²) in [6, 6.07) is -0.420. The summed E-state index contributed by atoms with van der Waals surface area (Å²) >= 11 is 0. The van der Waals surface area contributed by atoms with Gasteiger partial charge in [0.25, 0.3) is 0 Å². The van der Waals surface area contributed by atoms with Crippen LogP contribution in [0.3, 0.4) is 0 Å². The van der Waals surface area contributed by atoms with E-state index in [1.165, 1.54) is 0 Å². The topological polar surface area (TPSA) is 95.3 Å². The van der Waals surface area contributed by atoms with Gasteiger partial charge in [0.15, 0.2) is 6.10 Å². The Morgan fingerprint density at radius 2 is 2.58 bits per heavy atom. The van der Waals surface area contributed by atoms with E-state index in [1.807, 2.05) is 0 Å². The summed E-state index contributed by atoms with van der Waals surface area (Å²) in [7, 11) is 0. The molecule has 0 aromatic heterocycles. The Morgan fingerprint density at radius 1 is 1.92 bits per heavy atom. The monoisotopic (exact) mass is 171 g/mol. The van der Waals surface area contributed by atoms with Gasteiger partial charge in [0.2, 0.25) is 0 Å². The maximum Gasteiger partial charge on any atom is 0.335 e. The van der Waals surface area contributed by atoms with Crippen molar-refractivity contribution in [3.63, 3.8) is 0 Å². The average Bonchev–Trinajstić information content (AvgIpc) is 2.33. The molecule has 0 aliphatic carbocycles. The number of aliphatic hydroxyl groups excluding tert-OH is 1. The number of esters is 1. The fourth-order valence-corrected chi connectivity index (χ4v) is 1.04. The Morgan fingerprint density at radius 3 is 3.00 bits per heavy atom. The largest absolute Gasteiger partial charge is 0.460 e. The molecule has 1 aliphatic rings. The van der Waals surface area contributed by atoms with Crippen molar-refractivity contribution in [3.8, 4) is 0 Å². The number of rotatable bonds is 2. The molecule has 0 saturated carbocycles. The summed E-state index contributed by atoms with van der Waals surface area (Å²) < 4.78 is 4.73. The average molecular weight is 171 g/mol. The first-order valence-corrected chi connectivity index (χ1v) is 3.58. The number of hydrogen-bond acceptors (Lipinski definition) is 4. The van der Waals surface area contributed by atoms with E-state index in [1.54, 1.807) is 6.92 Å². The van der Waals surface area contributed by atoms with Crippen LogP contribution < -0.4 is 0 Å². The third kappa shape index (κ3) is 1.66. The second-order valence-electron chi connectivity index (χ2n) is 2.67. The number of hydrogen-bond donors (Lipinski definition) is 1. The minimum Gasteiger partial charge on any atom is -0.460 e. The molecule has 0 aromatic carbocycles. The van der Waals surface area contributed by atoms with Crippen LogP contribution >= 0.6 is 0 Å². The molecule has 6 nitrogen and oxygen atoms in total. The highest BCUT2D eigenvalue weighted by Crippen LogP contribution is 2.19. The van der Waals surface area contributed by atoms with Gasteiger partial charge >= 0.3 is 5.97 Å². The van der Waals surface area contributed by atoms with Crippen molar-refractivity contribution < 1.29 is 14.6 Å². The highest BCUT2D eigenvalue weighted by atomic mass is 16.6. The lowest BCUT2D eigenvalue weighted by molar-refractivity contribution is -0.147. The maximum absolute atomic E-state index is 10.7. The van der Waals surface area contributed by atoms with E-state index in [9.17, 15) is 4.79 Å². The molecule has 6 heteroatoms. The summed E-state index contributed by atoms with van der Waals surface area (Å²) in [5, 5.41) is 12.3. The number of azide groups is 1. The lowest BCUT2D eigenvalue weighted by Crippen LogP contribution is -2.20. The van der Waals surface area contributed by atoms with Gasteiger partial charge in [-0.3, -0.25) is 0 Å². The zero-order chi connectivity index (χ0) is 9.14. The Labute approximate surface area is 68.8 Å². The number of cyclic esters (lactones) is 1. The van der Waals surface area contributed by atoms with Crippen LogP contribution in [0.15, 0.2) is 5.11 Å². The maximum atomic E-state index is 10.7. The highest BCUT2D eigenvalue weighted by molar-refractivity contribution is 5.76. The Bertz CT molecular complexity index is 236. The Kier molecular flexibility index (Phi) is 2.52. The van der Waals surface area contributed by atoms with Crippen molar-refractivity contribution in [1.82, 2.24) is 0 Å². The van der Waals surface area contributed by atoms with Crippen LogP contribution in [-0.2, 0) is 9.53 Å². The second kappa shape index (κ2) is 3.42. The lowest BCUT2D eigenvalue weighted by Gasteiger charge is -2.10. The van der Waals surface area contributed by atoms with Crippen molar-refractivity contribution in [3.05, 3.63) is 10.4 Å². The van der Waals surface area contributed by atoms with E-state index < -0.39 is 24.2 Å². The van der Waals surface area contributed by atoms with Gasteiger partial charge in [0.05, 0.1) is 6.04 Å². The smallest absolute Gasteiger partial charge is 0.335 e. The zero-order valence-electron chi connectivity index (χ0n) is 6.54. The van der Waals surface area contributed by atoms with Gasteiger partial charge in [-0.25, -0.2) is 4.79 Å². The third-order valence-corrected chi connectivity index (χ3v) is 1.77. The second-order valence-corrected chi connectivity index (χ2v) is 2.67. The van der Waals surface area contributed by atoms with Crippen molar-refractivity contribution in [2.45, 2.75) is 31.6 Å². The molecular weight excluding hydrogens is 162 g/mol. The quantitative estimate of drug-likeness (QED) is 0.281. The SMILES string of the molecule is CC(N=[N+]=[N-])[C@@H]1C[C@@H](O)C(=O)O1. The van der Waals surface area contributed by atoms with E-state index >= 15 is 0 Å². The Balaban J connectivity index is 2.56. The van der Waals surface area contributed by atoms with Gasteiger partial charge in [-0.1, -0.05) is 12.0 Å². The van der Waals surface area contributed by atoms with E-state index in [4.69, 9.17) is 15.4 Å². The number of carbonyl (C=O) groups excluding carboxylic acids is 1.